The maximum atomic E-state index is 12.6. The quantitative estimate of drug-likeness (QED) is 0.872. The van der Waals surface area contributed by atoms with Crippen molar-refractivity contribution in [3.8, 4) is 0 Å². The molecular formula is C18H21ClN4O3. The van der Waals surface area contributed by atoms with E-state index in [1.807, 2.05) is 19.1 Å². The van der Waals surface area contributed by atoms with E-state index in [1.54, 1.807) is 29.7 Å². The number of hydrogen-bond donors (Lipinski definition) is 1. The van der Waals surface area contributed by atoms with Crippen molar-refractivity contribution in [2.24, 2.45) is 0 Å². The van der Waals surface area contributed by atoms with E-state index >= 15 is 0 Å². The highest BCUT2D eigenvalue weighted by molar-refractivity contribution is 6.31. The number of anilines is 1. The molecule has 8 heteroatoms. The Labute approximate surface area is 156 Å². The molecule has 0 saturated carbocycles. The van der Waals surface area contributed by atoms with Crippen LogP contribution < -0.4 is 5.32 Å². The molecule has 0 radical (unpaired) electrons. The summed E-state index contributed by atoms with van der Waals surface area (Å²) >= 11 is 6.09. The van der Waals surface area contributed by atoms with Crippen LogP contribution in [0.2, 0.25) is 5.02 Å². The van der Waals surface area contributed by atoms with Gasteiger partial charge in [0.2, 0.25) is 0 Å². The summed E-state index contributed by atoms with van der Waals surface area (Å²) < 4.78 is 5.07. The number of rotatable bonds is 2. The van der Waals surface area contributed by atoms with Gasteiger partial charge in [0, 0.05) is 36.9 Å². The van der Waals surface area contributed by atoms with Crippen LogP contribution in [-0.2, 0) is 0 Å². The Kier molecular flexibility index (Phi) is 5.18. The van der Waals surface area contributed by atoms with Crippen LogP contribution in [-0.4, -0.2) is 53.1 Å². The highest BCUT2D eigenvalue weighted by atomic mass is 35.5. The second-order valence-electron chi connectivity index (χ2n) is 6.37. The summed E-state index contributed by atoms with van der Waals surface area (Å²) in [6.45, 7) is 7.23. The molecule has 1 aliphatic rings. The molecule has 2 heterocycles. The van der Waals surface area contributed by atoms with Crippen LogP contribution in [0.4, 0.5) is 10.5 Å². The summed E-state index contributed by atoms with van der Waals surface area (Å²) in [5.74, 6) is 0.413. The zero-order valence-electron chi connectivity index (χ0n) is 15.0. The number of urea groups is 1. The molecule has 0 aliphatic carbocycles. The Balaban J connectivity index is 1.58. The van der Waals surface area contributed by atoms with Crippen molar-refractivity contribution in [1.29, 1.82) is 0 Å². The molecule has 1 aromatic heterocycles. The van der Waals surface area contributed by atoms with E-state index in [-0.39, 0.29) is 11.9 Å². The van der Waals surface area contributed by atoms with E-state index in [2.05, 4.69) is 10.5 Å². The molecule has 3 rings (SSSR count). The lowest BCUT2D eigenvalue weighted by Gasteiger charge is -2.34. The van der Waals surface area contributed by atoms with Crippen molar-refractivity contribution in [3.63, 3.8) is 0 Å². The lowest BCUT2D eigenvalue weighted by Crippen LogP contribution is -2.51. The van der Waals surface area contributed by atoms with Gasteiger partial charge in [0.25, 0.3) is 5.91 Å². The van der Waals surface area contributed by atoms with E-state index < -0.39 is 0 Å². The SMILES string of the molecule is Cc1ccc(NC(=O)N2CCN(C(=O)c3c(C)noc3C)CC2)cc1Cl. The Morgan fingerprint density at radius 3 is 2.35 bits per heavy atom. The smallest absolute Gasteiger partial charge is 0.321 e. The van der Waals surface area contributed by atoms with Gasteiger partial charge >= 0.3 is 6.03 Å². The van der Waals surface area contributed by atoms with Crippen LogP contribution in [0.5, 0.6) is 0 Å². The van der Waals surface area contributed by atoms with Gasteiger partial charge in [-0.25, -0.2) is 4.79 Å². The third-order valence-corrected chi connectivity index (χ3v) is 4.93. The molecule has 1 fully saturated rings. The highest BCUT2D eigenvalue weighted by Crippen LogP contribution is 2.21. The van der Waals surface area contributed by atoms with Crippen LogP contribution >= 0.6 is 11.6 Å². The number of nitrogens with one attached hydrogen (secondary N) is 1. The van der Waals surface area contributed by atoms with Gasteiger partial charge in [-0.1, -0.05) is 22.8 Å². The number of halogens is 1. The van der Waals surface area contributed by atoms with Crippen molar-refractivity contribution in [2.45, 2.75) is 20.8 Å². The van der Waals surface area contributed by atoms with Gasteiger partial charge in [0.15, 0.2) is 0 Å². The molecule has 0 spiro atoms. The Hall–Kier alpha value is -2.54. The first kappa shape index (κ1) is 18.3. The predicted octanol–water partition coefficient (Wildman–Crippen LogP) is 3.24. The Morgan fingerprint density at radius 2 is 1.77 bits per heavy atom. The van der Waals surface area contributed by atoms with Crippen LogP contribution in [0.15, 0.2) is 22.7 Å². The van der Waals surface area contributed by atoms with Crippen molar-refractivity contribution in [3.05, 3.63) is 45.8 Å². The lowest BCUT2D eigenvalue weighted by atomic mass is 10.1. The number of aromatic nitrogens is 1. The largest absolute Gasteiger partial charge is 0.361 e. The Morgan fingerprint density at radius 1 is 1.12 bits per heavy atom. The molecule has 0 atom stereocenters. The molecule has 1 aliphatic heterocycles. The molecule has 1 N–H and O–H groups in total. The van der Waals surface area contributed by atoms with Gasteiger partial charge in [0.1, 0.15) is 11.3 Å². The third-order valence-electron chi connectivity index (χ3n) is 4.52. The van der Waals surface area contributed by atoms with Crippen LogP contribution in [0, 0.1) is 20.8 Å². The summed E-state index contributed by atoms with van der Waals surface area (Å²) in [5, 5.41) is 7.28. The second-order valence-corrected chi connectivity index (χ2v) is 6.78. The summed E-state index contributed by atoms with van der Waals surface area (Å²) in [4.78, 5) is 28.5. The average molecular weight is 377 g/mol. The molecule has 1 aromatic carbocycles. The molecule has 138 valence electrons. The van der Waals surface area contributed by atoms with Gasteiger partial charge in [-0.3, -0.25) is 4.79 Å². The fraction of sp³-hybridized carbons (Fsp3) is 0.389. The first-order chi connectivity index (χ1) is 12.4. The summed E-state index contributed by atoms with van der Waals surface area (Å²) in [6, 6.07) is 5.20. The fourth-order valence-electron chi connectivity index (χ4n) is 2.93. The topological polar surface area (TPSA) is 78.7 Å². The van der Waals surface area contributed by atoms with Crippen LogP contribution in [0.25, 0.3) is 0 Å². The lowest BCUT2D eigenvalue weighted by molar-refractivity contribution is 0.0669. The van der Waals surface area contributed by atoms with Crippen molar-refractivity contribution < 1.29 is 14.1 Å². The molecule has 3 amide bonds. The van der Waals surface area contributed by atoms with Crippen LogP contribution in [0.3, 0.4) is 0 Å². The molecular weight excluding hydrogens is 356 g/mol. The van der Waals surface area contributed by atoms with Gasteiger partial charge < -0.3 is 19.6 Å². The number of aryl methyl sites for hydroxylation is 3. The average Bonchev–Trinajstić information content (AvgIpc) is 2.96. The van der Waals surface area contributed by atoms with Crippen molar-refractivity contribution in [1.82, 2.24) is 15.0 Å². The molecule has 0 unspecified atom stereocenters. The first-order valence-corrected chi connectivity index (χ1v) is 8.79. The van der Waals surface area contributed by atoms with E-state index in [1.165, 1.54) is 0 Å². The van der Waals surface area contributed by atoms with E-state index in [0.29, 0.717) is 53.9 Å². The maximum Gasteiger partial charge on any atom is 0.321 e. The maximum absolute atomic E-state index is 12.6. The first-order valence-electron chi connectivity index (χ1n) is 8.41. The van der Waals surface area contributed by atoms with Crippen molar-refractivity contribution in [2.75, 3.05) is 31.5 Å². The number of carbonyl (C=O) groups excluding carboxylic acids is 2. The molecule has 7 nitrogen and oxygen atoms in total. The van der Waals surface area contributed by atoms with E-state index in [4.69, 9.17) is 16.1 Å². The van der Waals surface area contributed by atoms with Crippen LogP contribution in [0.1, 0.15) is 27.4 Å². The minimum Gasteiger partial charge on any atom is -0.361 e. The fourth-order valence-corrected chi connectivity index (χ4v) is 3.11. The molecule has 1 saturated heterocycles. The minimum atomic E-state index is -0.200. The van der Waals surface area contributed by atoms with Gasteiger partial charge in [-0.05, 0) is 38.5 Å². The second kappa shape index (κ2) is 7.37. The Bertz CT molecular complexity index is 821. The minimum absolute atomic E-state index is 0.105. The number of benzene rings is 1. The summed E-state index contributed by atoms with van der Waals surface area (Å²) in [5.41, 5.74) is 2.71. The number of nitrogens with zero attached hydrogens (tertiary/aromatic N) is 3. The monoisotopic (exact) mass is 376 g/mol. The zero-order chi connectivity index (χ0) is 18.8. The predicted molar refractivity (Wildman–Crippen MR) is 98.7 cm³/mol. The standard InChI is InChI=1S/C18H21ClN4O3/c1-11-4-5-14(10-15(11)19)20-18(25)23-8-6-22(7-9-23)17(24)16-12(2)21-26-13(16)3/h4-5,10H,6-9H2,1-3H3,(H,20,25). The zero-order valence-corrected chi connectivity index (χ0v) is 15.8. The number of hydrogen-bond acceptors (Lipinski definition) is 4. The molecule has 0 bridgehead atoms. The number of carbonyl (C=O) groups is 2. The van der Waals surface area contributed by atoms with Gasteiger partial charge in [-0.15, -0.1) is 0 Å². The van der Waals surface area contributed by atoms with E-state index in [9.17, 15) is 9.59 Å². The number of piperazine rings is 1. The number of amides is 3. The summed E-state index contributed by atoms with van der Waals surface area (Å²) in [7, 11) is 0. The molecule has 2 aromatic rings. The van der Waals surface area contributed by atoms with Gasteiger partial charge in [0.05, 0.1) is 5.69 Å². The molecule has 26 heavy (non-hydrogen) atoms. The van der Waals surface area contributed by atoms with Gasteiger partial charge in [-0.2, -0.15) is 0 Å². The van der Waals surface area contributed by atoms with E-state index in [0.717, 1.165) is 5.56 Å². The highest BCUT2D eigenvalue weighted by Gasteiger charge is 2.28. The normalized spacial score (nSPS) is 14.5. The summed E-state index contributed by atoms with van der Waals surface area (Å²) in [6.07, 6.45) is 0. The third kappa shape index (κ3) is 3.67. The van der Waals surface area contributed by atoms with Crippen molar-refractivity contribution >= 4 is 29.2 Å².